The Bertz CT molecular complexity index is 644. The van der Waals surface area contributed by atoms with Crippen molar-refractivity contribution in [3.63, 3.8) is 0 Å². The molecule has 0 radical (unpaired) electrons. The number of anilines is 1. The summed E-state index contributed by atoms with van der Waals surface area (Å²) in [5, 5.41) is 24.0. The van der Waals surface area contributed by atoms with Gasteiger partial charge in [-0.1, -0.05) is 18.2 Å². The Hall–Kier alpha value is -3.10. The second-order valence-electron chi connectivity index (χ2n) is 3.76. The molecule has 0 aliphatic carbocycles. The maximum atomic E-state index is 10.8. The standard InChI is InChI=1S/C11H9N5O4/c17-15(18)9-6-13-11(14-7-9)12-5-8-3-1-2-4-10(8)16(19)20/h1-4,6-7H,5H2,(H,12,13,14). The first-order valence-electron chi connectivity index (χ1n) is 5.50. The molecule has 0 bridgehead atoms. The number of hydrogen-bond acceptors (Lipinski definition) is 7. The van der Waals surface area contributed by atoms with Crippen LogP contribution in [0.4, 0.5) is 17.3 Å². The molecule has 9 heteroatoms. The van der Waals surface area contributed by atoms with Crippen molar-refractivity contribution in [3.05, 3.63) is 62.5 Å². The Morgan fingerprint density at radius 3 is 2.30 bits per heavy atom. The summed E-state index contributed by atoms with van der Waals surface area (Å²) in [6, 6.07) is 6.26. The molecule has 0 amide bonds. The summed E-state index contributed by atoms with van der Waals surface area (Å²) in [4.78, 5) is 27.7. The van der Waals surface area contributed by atoms with E-state index in [4.69, 9.17) is 0 Å². The Morgan fingerprint density at radius 2 is 1.70 bits per heavy atom. The Labute approximate surface area is 112 Å². The van der Waals surface area contributed by atoms with E-state index in [1.807, 2.05) is 0 Å². The van der Waals surface area contributed by atoms with Crippen molar-refractivity contribution >= 4 is 17.3 Å². The van der Waals surface area contributed by atoms with Gasteiger partial charge in [-0.3, -0.25) is 20.2 Å². The van der Waals surface area contributed by atoms with Gasteiger partial charge in [0, 0.05) is 18.2 Å². The molecule has 0 fully saturated rings. The molecular weight excluding hydrogens is 266 g/mol. The molecule has 1 aromatic carbocycles. The highest BCUT2D eigenvalue weighted by atomic mass is 16.6. The van der Waals surface area contributed by atoms with Crippen molar-refractivity contribution in [2.45, 2.75) is 6.54 Å². The van der Waals surface area contributed by atoms with Crippen LogP contribution in [0, 0.1) is 20.2 Å². The van der Waals surface area contributed by atoms with E-state index in [0.29, 0.717) is 5.56 Å². The summed E-state index contributed by atoms with van der Waals surface area (Å²) < 4.78 is 0. The van der Waals surface area contributed by atoms with E-state index in [9.17, 15) is 20.2 Å². The van der Waals surface area contributed by atoms with Crippen LogP contribution in [0.5, 0.6) is 0 Å². The van der Waals surface area contributed by atoms with E-state index in [1.165, 1.54) is 6.07 Å². The van der Waals surface area contributed by atoms with E-state index in [1.54, 1.807) is 18.2 Å². The Kier molecular flexibility index (Phi) is 3.80. The first-order valence-corrected chi connectivity index (χ1v) is 5.50. The Balaban J connectivity index is 2.09. The number of nitrogens with one attached hydrogen (secondary N) is 1. The predicted molar refractivity (Wildman–Crippen MR) is 69.1 cm³/mol. The highest BCUT2D eigenvalue weighted by Gasteiger charge is 2.12. The number of rotatable bonds is 5. The van der Waals surface area contributed by atoms with Gasteiger partial charge in [0.25, 0.3) is 5.69 Å². The summed E-state index contributed by atoms with van der Waals surface area (Å²) >= 11 is 0. The number of para-hydroxylation sites is 1. The van der Waals surface area contributed by atoms with Crippen molar-refractivity contribution in [2.75, 3.05) is 5.32 Å². The van der Waals surface area contributed by atoms with Gasteiger partial charge in [0.05, 0.1) is 9.85 Å². The van der Waals surface area contributed by atoms with Crippen molar-refractivity contribution in [1.29, 1.82) is 0 Å². The minimum absolute atomic E-state index is 0.0121. The first kappa shape index (κ1) is 13.3. The second kappa shape index (κ2) is 5.69. The molecular formula is C11H9N5O4. The quantitative estimate of drug-likeness (QED) is 0.652. The highest BCUT2D eigenvalue weighted by Crippen LogP contribution is 2.18. The van der Waals surface area contributed by atoms with Gasteiger partial charge in [0.15, 0.2) is 0 Å². The Morgan fingerprint density at radius 1 is 1.05 bits per heavy atom. The fourth-order valence-electron chi connectivity index (χ4n) is 1.52. The van der Waals surface area contributed by atoms with Crippen LogP contribution < -0.4 is 5.32 Å². The van der Waals surface area contributed by atoms with Gasteiger partial charge in [0.1, 0.15) is 12.4 Å². The van der Waals surface area contributed by atoms with Crippen LogP contribution >= 0.6 is 0 Å². The summed E-state index contributed by atoms with van der Waals surface area (Å²) in [6.45, 7) is 0.148. The summed E-state index contributed by atoms with van der Waals surface area (Å²) in [5.74, 6) is 0.161. The molecule has 9 nitrogen and oxygen atoms in total. The molecule has 1 aromatic heterocycles. The number of nitro benzene ring substituents is 1. The molecule has 20 heavy (non-hydrogen) atoms. The van der Waals surface area contributed by atoms with Crippen molar-refractivity contribution in [3.8, 4) is 0 Å². The fourth-order valence-corrected chi connectivity index (χ4v) is 1.52. The zero-order valence-corrected chi connectivity index (χ0v) is 10.1. The average molecular weight is 275 g/mol. The lowest BCUT2D eigenvalue weighted by atomic mass is 10.2. The highest BCUT2D eigenvalue weighted by molar-refractivity contribution is 5.42. The third-order valence-electron chi connectivity index (χ3n) is 2.47. The zero-order valence-electron chi connectivity index (χ0n) is 10.1. The minimum atomic E-state index is -0.605. The second-order valence-corrected chi connectivity index (χ2v) is 3.76. The largest absolute Gasteiger partial charge is 0.350 e. The van der Waals surface area contributed by atoms with Crippen molar-refractivity contribution in [1.82, 2.24) is 9.97 Å². The number of nitro groups is 2. The molecule has 1 heterocycles. The van der Waals surface area contributed by atoms with Gasteiger partial charge in [0.2, 0.25) is 5.95 Å². The predicted octanol–water partition coefficient (Wildman–Crippen LogP) is 1.91. The molecule has 2 aromatic rings. The number of benzene rings is 1. The van der Waals surface area contributed by atoms with Crippen LogP contribution in [0.2, 0.25) is 0 Å². The topological polar surface area (TPSA) is 124 Å². The van der Waals surface area contributed by atoms with Crippen LogP contribution in [0.1, 0.15) is 5.56 Å². The molecule has 0 saturated heterocycles. The lowest BCUT2D eigenvalue weighted by Gasteiger charge is -2.04. The van der Waals surface area contributed by atoms with Crippen LogP contribution in [0.15, 0.2) is 36.7 Å². The number of aromatic nitrogens is 2. The lowest BCUT2D eigenvalue weighted by molar-refractivity contribution is -0.385. The van der Waals surface area contributed by atoms with Gasteiger partial charge >= 0.3 is 5.69 Å². The molecule has 0 unspecified atom stereocenters. The number of hydrogen-bond donors (Lipinski definition) is 1. The molecule has 0 atom stereocenters. The van der Waals surface area contributed by atoms with Crippen LogP contribution in [-0.4, -0.2) is 19.8 Å². The maximum Gasteiger partial charge on any atom is 0.305 e. The average Bonchev–Trinajstić information content (AvgIpc) is 2.45. The van der Waals surface area contributed by atoms with Crippen molar-refractivity contribution in [2.24, 2.45) is 0 Å². The van der Waals surface area contributed by atoms with Gasteiger partial charge in [-0.2, -0.15) is 0 Å². The fraction of sp³-hybridized carbons (Fsp3) is 0.0909. The van der Waals surface area contributed by atoms with Gasteiger partial charge in [-0.25, -0.2) is 9.97 Å². The van der Waals surface area contributed by atoms with Gasteiger partial charge in [-0.05, 0) is 0 Å². The van der Waals surface area contributed by atoms with Crippen LogP contribution in [0.25, 0.3) is 0 Å². The van der Waals surface area contributed by atoms with Crippen LogP contribution in [-0.2, 0) is 6.54 Å². The number of nitrogens with zero attached hydrogens (tertiary/aromatic N) is 4. The molecule has 0 aliphatic heterocycles. The first-order chi connectivity index (χ1) is 9.58. The monoisotopic (exact) mass is 275 g/mol. The molecule has 2 rings (SSSR count). The van der Waals surface area contributed by atoms with E-state index in [-0.39, 0.29) is 23.9 Å². The van der Waals surface area contributed by atoms with E-state index >= 15 is 0 Å². The maximum absolute atomic E-state index is 10.8. The van der Waals surface area contributed by atoms with E-state index < -0.39 is 9.85 Å². The normalized spacial score (nSPS) is 10.0. The molecule has 102 valence electrons. The molecule has 0 aliphatic rings. The molecule has 0 spiro atoms. The van der Waals surface area contributed by atoms with Crippen molar-refractivity contribution < 1.29 is 9.85 Å². The smallest absolute Gasteiger partial charge is 0.305 e. The van der Waals surface area contributed by atoms with Gasteiger partial charge < -0.3 is 5.32 Å². The molecule has 0 saturated carbocycles. The third kappa shape index (κ3) is 3.02. The van der Waals surface area contributed by atoms with Crippen LogP contribution in [0.3, 0.4) is 0 Å². The minimum Gasteiger partial charge on any atom is -0.350 e. The summed E-state index contributed by atoms with van der Waals surface area (Å²) in [5.41, 5.74) is 0.239. The van der Waals surface area contributed by atoms with Gasteiger partial charge in [-0.15, -0.1) is 0 Å². The SMILES string of the molecule is O=[N+]([O-])c1cnc(NCc2ccccc2[N+](=O)[O-])nc1. The zero-order chi connectivity index (χ0) is 14.5. The lowest BCUT2D eigenvalue weighted by Crippen LogP contribution is -2.06. The van der Waals surface area contributed by atoms with E-state index in [0.717, 1.165) is 12.4 Å². The van der Waals surface area contributed by atoms with E-state index in [2.05, 4.69) is 15.3 Å². The summed E-state index contributed by atoms with van der Waals surface area (Å²) in [7, 11) is 0. The third-order valence-corrected chi connectivity index (χ3v) is 2.47. The molecule has 1 N–H and O–H groups in total. The summed E-state index contributed by atoms with van der Waals surface area (Å²) in [6.07, 6.45) is 2.13.